The van der Waals surface area contributed by atoms with Gasteiger partial charge in [-0.05, 0) is 82.4 Å². The Hall–Kier alpha value is -2.10. The smallest absolute Gasteiger partial charge is 0.214 e. The predicted molar refractivity (Wildman–Crippen MR) is 138 cm³/mol. The number of piperidine rings is 1. The average molecular weight is 497 g/mol. The minimum Gasteiger partial charge on any atom is -0.346 e. The largest absolute Gasteiger partial charge is 0.346 e. The Morgan fingerprint density at radius 3 is 2.63 bits per heavy atom. The van der Waals surface area contributed by atoms with Crippen LogP contribution in [-0.2, 0) is 10.0 Å². The molecular formula is C26H36N6O2S. The van der Waals surface area contributed by atoms with Gasteiger partial charge in [0.1, 0.15) is 5.65 Å². The van der Waals surface area contributed by atoms with E-state index < -0.39 is 10.0 Å². The second-order valence-corrected chi connectivity index (χ2v) is 12.9. The number of hydrogen-bond acceptors (Lipinski definition) is 6. The van der Waals surface area contributed by atoms with E-state index in [1.165, 1.54) is 25.9 Å². The molecule has 1 saturated carbocycles. The summed E-state index contributed by atoms with van der Waals surface area (Å²) in [5.74, 6) is 1.32. The van der Waals surface area contributed by atoms with Gasteiger partial charge >= 0.3 is 0 Å². The minimum absolute atomic E-state index is 0.229. The van der Waals surface area contributed by atoms with Gasteiger partial charge < -0.3 is 9.88 Å². The SMILES string of the molecule is O=S(=O)(CC1CCC(c2nncc3cnc4[nH]ccc4c23)CC1)N1CCCC(CN2CCCC2)C1. The molecule has 3 aromatic rings. The van der Waals surface area contributed by atoms with Crippen LogP contribution in [0.2, 0.25) is 0 Å². The Kier molecular flexibility index (Phi) is 6.49. The summed E-state index contributed by atoms with van der Waals surface area (Å²) in [5, 5.41) is 12.1. The summed E-state index contributed by atoms with van der Waals surface area (Å²) in [7, 11) is -3.21. The molecule has 0 bridgehead atoms. The molecule has 1 unspecified atom stereocenters. The summed E-state index contributed by atoms with van der Waals surface area (Å²) >= 11 is 0. The van der Waals surface area contributed by atoms with E-state index in [0.29, 0.717) is 30.7 Å². The summed E-state index contributed by atoms with van der Waals surface area (Å²) in [6, 6.07) is 2.06. The van der Waals surface area contributed by atoms with Crippen LogP contribution in [-0.4, -0.2) is 76.3 Å². The number of aromatic amines is 1. The summed E-state index contributed by atoms with van der Waals surface area (Å²) in [6.07, 6.45) is 14.0. The van der Waals surface area contributed by atoms with E-state index in [4.69, 9.17) is 0 Å². The van der Waals surface area contributed by atoms with Crippen molar-refractivity contribution in [2.45, 2.75) is 57.3 Å². The first-order chi connectivity index (χ1) is 17.1. The van der Waals surface area contributed by atoms with Gasteiger partial charge in [-0.3, -0.25) is 0 Å². The molecule has 0 radical (unpaired) electrons. The fraction of sp³-hybridized carbons (Fsp3) is 0.654. The number of H-pyrrole nitrogens is 1. The Bertz CT molecular complexity index is 1280. The van der Waals surface area contributed by atoms with Crippen LogP contribution < -0.4 is 0 Å². The van der Waals surface area contributed by atoms with Gasteiger partial charge in [0, 0.05) is 54.1 Å². The second-order valence-electron chi connectivity index (χ2n) is 10.9. The van der Waals surface area contributed by atoms with Crippen LogP contribution in [0.25, 0.3) is 21.8 Å². The van der Waals surface area contributed by atoms with Crippen molar-refractivity contribution in [1.29, 1.82) is 0 Å². The van der Waals surface area contributed by atoms with Gasteiger partial charge in [-0.25, -0.2) is 17.7 Å². The van der Waals surface area contributed by atoms with Crippen molar-refractivity contribution >= 4 is 31.8 Å². The quantitative estimate of drug-likeness (QED) is 0.556. The zero-order chi connectivity index (χ0) is 23.8. The number of nitrogens with one attached hydrogen (secondary N) is 1. The van der Waals surface area contributed by atoms with Crippen molar-refractivity contribution in [2.75, 3.05) is 38.5 Å². The fourth-order valence-corrected chi connectivity index (χ4v) is 8.65. The lowest BCUT2D eigenvalue weighted by molar-refractivity contribution is 0.199. The monoisotopic (exact) mass is 496 g/mol. The molecule has 0 spiro atoms. The van der Waals surface area contributed by atoms with Gasteiger partial charge in [0.05, 0.1) is 17.6 Å². The maximum Gasteiger partial charge on any atom is 0.214 e. The molecule has 2 saturated heterocycles. The van der Waals surface area contributed by atoms with Crippen LogP contribution in [0.4, 0.5) is 0 Å². The number of fused-ring (bicyclic) bond motifs is 3. The maximum absolute atomic E-state index is 13.4. The first-order valence-corrected chi connectivity index (χ1v) is 15.0. The Morgan fingerprint density at radius 1 is 0.971 bits per heavy atom. The molecular weight excluding hydrogens is 460 g/mol. The number of pyridine rings is 1. The van der Waals surface area contributed by atoms with Crippen molar-refractivity contribution in [3.63, 3.8) is 0 Å². The van der Waals surface area contributed by atoms with Crippen molar-refractivity contribution in [2.24, 2.45) is 11.8 Å². The lowest BCUT2D eigenvalue weighted by Crippen LogP contribution is -2.45. The topological polar surface area (TPSA) is 95.1 Å². The number of hydrogen-bond donors (Lipinski definition) is 1. The summed E-state index contributed by atoms with van der Waals surface area (Å²) < 4.78 is 28.5. The molecule has 1 N–H and O–H groups in total. The van der Waals surface area contributed by atoms with E-state index in [1.54, 1.807) is 6.20 Å². The fourth-order valence-electron chi connectivity index (χ4n) is 6.66. The third kappa shape index (κ3) is 4.82. The predicted octanol–water partition coefficient (Wildman–Crippen LogP) is 3.92. The van der Waals surface area contributed by atoms with Gasteiger partial charge in [0.2, 0.25) is 10.0 Å². The van der Waals surface area contributed by atoms with Gasteiger partial charge in [-0.2, -0.15) is 10.2 Å². The van der Waals surface area contributed by atoms with Crippen LogP contribution in [0.3, 0.4) is 0 Å². The molecule has 8 nitrogen and oxygen atoms in total. The third-order valence-electron chi connectivity index (χ3n) is 8.50. The number of nitrogens with zero attached hydrogens (tertiary/aromatic N) is 5. The molecule has 1 atom stereocenters. The lowest BCUT2D eigenvalue weighted by atomic mass is 9.80. The Morgan fingerprint density at radius 2 is 1.80 bits per heavy atom. The molecule has 188 valence electrons. The molecule has 9 heteroatoms. The Balaban J connectivity index is 1.10. The molecule has 5 heterocycles. The highest BCUT2D eigenvalue weighted by Gasteiger charge is 2.34. The van der Waals surface area contributed by atoms with Gasteiger partial charge in [0.15, 0.2) is 0 Å². The minimum atomic E-state index is -3.21. The lowest BCUT2D eigenvalue weighted by Gasteiger charge is -2.35. The summed E-state index contributed by atoms with van der Waals surface area (Å²) in [4.78, 5) is 10.2. The molecule has 1 aliphatic carbocycles. The molecule has 0 aromatic carbocycles. The summed E-state index contributed by atoms with van der Waals surface area (Å²) in [5.41, 5.74) is 1.91. The first kappa shape index (κ1) is 23.3. The second kappa shape index (κ2) is 9.75. The summed E-state index contributed by atoms with van der Waals surface area (Å²) in [6.45, 7) is 4.83. The van der Waals surface area contributed by atoms with Gasteiger partial charge in [0.25, 0.3) is 0 Å². The van der Waals surface area contributed by atoms with E-state index in [9.17, 15) is 8.42 Å². The van der Waals surface area contributed by atoms with Gasteiger partial charge in [-0.15, -0.1) is 0 Å². The average Bonchev–Trinajstić information content (AvgIpc) is 3.56. The van der Waals surface area contributed by atoms with E-state index >= 15 is 0 Å². The van der Waals surface area contributed by atoms with Crippen LogP contribution in [0.5, 0.6) is 0 Å². The van der Waals surface area contributed by atoms with E-state index in [2.05, 4.69) is 31.1 Å². The van der Waals surface area contributed by atoms with Crippen LogP contribution in [0.1, 0.15) is 63.0 Å². The van der Waals surface area contributed by atoms with Crippen molar-refractivity contribution in [3.05, 3.63) is 30.4 Å². The molecule has 0 amide bonds. The molecule has 3 fully saturated rings. The first-order valence-electron chi connectivity index (χ1n) is 13.3. The maximum atomic E-state index is 13.4. The normalized spacial score (nSPS) is 27.1. The number of sulfonamides is 1. The van der Waals surface area contributed by atoms with Crippen LogP contribution in [0.15, 0.2) is 24.7 Å². The molecule has 3 aliphatic rings. The van der Waals surface area contributed by atoms with Crippen molar-refractivity contribution in [1.82, 2.24) is 29.4 Å². The number of aromatic nitrogens is 4. The Labute approximate surface area is 207 Å². The van der Waals surface area contributed by atoms with E-state index in [1.807, 2.05) is 16.7 Å². The van der Waals surface area contributed by atoms with E-state index in [-0.39, 0.29) is 5.92 Å². The molecule has 35 heavy (non-hydrogen) atoms. The van der Waals surface area contributed by atoms with Crippen molar-refractivity contribution in [3.8, 4) is 0 Å². The number of rotatable bonds is 6. The van der Waals surface area contributed by atoms with Gasteiger partial charge in [-0.1, -0.05) is 0 Å². The standard InChI is InChI=1S/C26H36N6O2S/c33-35(34,32-13-3-4-20(17-32)16-31-11-1-2-12-31)18-19-5-7-21(8-6-19)25-24-22(15-29-30-25)14-28-26-23(24)9-10-27-26/h9-10,14-15,19-21H,1-8,11-13,16-18H2,(H,27,28). The van der Waals surface area contributed by atoms with Crippen LogP contribution >= 0.6 is 0 Å². The van der Waals surface area contributed by atoms with E-state index in [0.717, 1.165) is 72.6 Å². The van der Waals surface area contributed by atoms with Crippen molar-refractivity contribution < 1.29 is 8.42 Å². The highest BCUT2D eigenvalue weighted by molar-refractivity contribution is 7.89. The number of likely N-dealkylation sites (tertiary alicyclic amines) is 1. The highest BCUT2D eigenvalue weighted by Crippen LogP contribution is 2.39. The zero-order valence-corrected chi connectivity index (χ0v) is 21.2. The third-order valence-corrected chi connectivity index (χ3v) is 10.5. The van der Waals surface area contributed by atoms with Crippen LogP contribution in [0, 0.1) is 11.8 Å². The molecule has 2 aliphatic heterocycles. The molecule has 6 rings (SSSR count). The highest BCUT2D eigenvalue weighted by atomic mass is 32.2. The zero-order valence-electron chi connectivity index (χ0n) is 20.4. The molecule has 3 aromatic heterocycles.